The molecule has 1 atom stereocenters. The summed E-state index contributed by atoms with van der Waals surface area (Å²) < 4.78 is 0. The first kappa shape index (κ1) is 12.1. The Morgan fingerprint density at radius 1 is 1.50 bits per heavy atom. The van der Waals surface area contributed by atoms with Gasteiger partial charge in [0.1, 0.15) is 0 Å². The Balaban J connectivity index is 2.08. The molecule has 2 N–H and O–H groups in total. The van der Waals surface area contributed by atoms with Gasteiger partial charge in [-0.15, -0.1) is 11.3 Å². The largest absolute Gasteiger partial charge is 0.329 e. The molecule has 0 aromatic carbocycles. The van der Waals surface area contributed by atoms with Gasteiger partial charge in [-0.1, -0.05) is 6.07 Å². The van der Waals surface area contributed by atoms with Crippen LogP contribution in [0.25, 0.3) is 0 Å². The summed E-state index contributed by atoms with van der Waals surface area (Å²) in [6, 6.07) is 5.33. The molecule has 2 nitrogen and oxygen atoms in total. The second-order valence-corrected chi connectivity index (χ2v) is 5.98. The van der Waals surface area contributed by atoms with Gasteiger partial charge >= 0.3 is 0 Å². The zero-order chi connectivity index (χ0) is 11.5. The maximum Gasteiger partial charge on any atom is 0.0566 e. The third-order valence-corrected chi connectivity index (χ3v) is 4.30. The first-order chi connectivity index (χ1) is 7.72. The Kier molecular flexibility index (Phi) is 4.00. The minimum atomic E-state index is 0.417. The van der Waals surface area contributed by atoms with E-state index in [1.165, 1.54) is 24.3 Å². The lowest BCUT2D eigenvalue weighted by Crippen LogP contribution is -2.39. The molecular formula is C13H22N2S. The van der Waals surface area contributed by atoms with E-state index in [2.05, 4.69) is 36.3 Å². The molecular weight excluding hydrogens is 216 g/mol. The van der Waals surface area contributed by atoms with E-state index in [-0.39, 0.29) is 0 Å². The molecule has 90 valence electrons. The summed E-state index contributed by atoms with van der Waals surface area (Å²) in [5.74, 6) is 0.927. The van der Waals surface area contributed by atoms with Gasteiger partial charge in [0.05, 0.1) is 6.04 Å². The van der Waals surface area contributed by atoms with Crippen molar-refractivity contribution in [1.29, 1.82) is 0 Å². The fraction of sp³-hybridized carbons (Fsp3) is 0.692. The highest BCUT2D eigenvalue weighted by Gasteiger charge is 2.30. The minimum Gasteiger partial charge on any atom is -0.329 e. The molecule has 16 heavy (non-hydrogen) atoms. The summed E-state index contributed by atoms with van der Waals surface area (Å²) in [7, 11) is 0. The highest BCUT2D eigenvalue weighted by atomic mass is 32.1. The van der Waals surface area contributed by atoms with Gasteiger partial charge < -0.3 is 5.73 Å². The third-order valence-electron chi connectivity index (χ3n) is 3.32. The van der Waals surface area contributed by atoms with E-state index in [4.69, 9.17) is 5.73 Å². The van der Waals surface area contributed by atoms with Crippen molar-refractivity contribution < 1.29 is 0 Å². The van der Waals surface area contributed by atoms with Crippen molar-refractivity contribution >= 4 is 11.3 Å². The molecule has 1 heterocycles. The molecule has 1 saturated carbocycles. The molecule has 2 rings (SSSR count). The molecule has 0 radical (unpaired) electrons. The van der Waals surface area contributed by atoms with Crippen molar-refractivity contribution in [2.45, 2.75) is 38.8 Å². The molecule has 1 aromatic rings. The Bertz CT molecular complexity index is 304. The van der Waals surface area contributed by atoms with Crippen molar-refractivity contribution in [2.24, 2.45) is 11.7 Å². The maximum absolute atomic E-state index is 5.96. The van der Waals surface area contributed by atoms with Crippen LogP contribution in [0.3, 0.4) is 0 Å². The third kappa shape index (κ3) is 2.84. The monoisotopic (exact) mass is 238 g/mol. The van der Waals surface area contributed by atoms with Gasteiger partial charge in [0.15, 0.2) is 0 Å². The van der Waals surface area contributed by atoms with Gasteiger partial charge in [-0.2, -0.15) is 0 Å². The summed E-state index contributed by atoms with van der Waals surface area (Å²) in [4.78, 5) is 3.99. The van der Waals surface area contributed by atoms with Crippen LogP contribution < -0.4 is 5.73 Å². The van der Waals surface area contributed by atoms with E-state index in [0.29, 0.717) is 12.1 Å². The summed E-state index contributed by atoms with van der Waals surface area (Å²) in [5, 5.41) is 2.15. The van der Waals surface area contributed by atoms with E-state index < -0.39 is 0 Å². The van der Waals surface area contributed by atoms with E-state index in [0.717, 1.165) is 12.5 Å². The number of hydrogen-bond donors (Lipinski definition) is 1. The Morgan fingerprint density at radius 3 is 2.69 bits per heavy atom. The van der Waals surface area contributed by atoms with Gasteiger partial charge in [-0.05, 0) is 44.1 Å². The predicted octanol–water partition coefficient (Wildman–Crippen LogP) is 2.87. The Morgan fingerprint density at radius 2 is 2.25 bits per heavy atom. The molecule has 3 heteroatoms. The van der Waals surface area contributed by atoms with E-state index in [1.807, 2.05) is 11.3 Å². The average molecular weight is 238 g/mol. The van der Waals surface area contributed by atoms with Crippen LogP contribution in [0, 0.1) is 5.92 Å². The second-order valence-electron chi connectivity index (χ2n) is 5.00. The van der Waals surface area contributed by atoms with Crippen LogP contribution in [-0.4, -0.2) is 24.0 Å². The summed E-state index contributed by atoms with van der Waals surface area (Å²) in [6.45, 7) is 6.50. The van der Waals surface area contributed by atoms with Crippen LogP contribution in [0.15, 0.2) is 17.5 Å². The zero-order valence-corrected chi connectivity index (χ0v) is 11.0. The van der Waals surface area contributed by atoms with Crippen molar-refractivity contribution in [2.75, 3.05) is 13.1 Å². The van der Waals surface area contributed by atoms with Crippen LogP contribution in [0.1, 0.15) is 37.6 Å². The molecule has 1 unspecified atom stereocenters. The van der Waals surface area contributed by atoms with Crippen molar-refractivity contribution in [3.8, 4) is 0 Å². The van der Waals surface area contributed by atoms with Gasteiger partial charge in [0.25, 0.3) is 0 Å². The molecule has 1 aliphatic carbocycles. The number of thiophene rings is 1. The summed E-state index contributed by atoms with van der Waals surface area (Å²) in [5.41, 5.74) is 5.96. The minimum absolute atomic E-state index is 0.417. The van der Waals surface area contributed by atoms with Crippen LogP contribution in [0.5, 0.6) is 0 Å². The molecule has 1 aromatic heterocycles. The first-order valence-corrected chi connectivity index (χ1v) is 7.09. The van der Waals surface area contributed by atoms with Crippen LogP contribution in [0.2, 0.25) is 0 Å². The lowest BCUT2D eigenvalue weighted by atomic mass is 10.1. The summed E-state index contributed by atoms with van der Waals surface area (Å²) >= 11 is 1.83. The van der Waals surface area contributed by atoms with Gasteiger partial charge in [0.2, 0.25) is 0 Å². The topological polar surface area (TPSA) is 29.3 Å². The van der Waals surface area contributed by atoms with Crippen molar-refractivity contribution in [3.05, 3.63) is 22.4 Å². The molecule has 1 aliphatic rings. The van der Waals surface area contributed by atoms with Gasteiger partial charge in [-0.25, -0.2) is 0 Å². The molecule has 0 amide bonds. The van der Waals surface area contributed by atoms with E-state index >= 15 is 0 Å². The molecule has 1 fully saturated rings. The van der Waals surface area contributed by atoms with Crippen molar-refractivity contribution in [3.63, 3.8) is 0 Å². The fourth-order valence-electron chi connectivity index (χ4n) is 2.19. The number of nitrogens with zero attached hydrogens (tertiary/aromatic N) is 1. The molecule has 0 saturated heterocycles. The van der Waals surface area contributed by atoms with Gasteiger partial charge in [-0.3, -0.25) is 4.90 Å². The highest BCUT2D eigenvalue weighted by molar-refractivity contribution is 7.10. The van der Waals surface area contributed by atoms with Gasteiger partial charge in [0, 0.05) is 24.0 Å². The van der Waals surface area contributed by atoms with Crippen LogP contribution >= 0.6 is 11.3 Å². The Hall–Kier alpha value is -0.380. The Labute approximate surface area is 102 Å². The summed E-state index contributed by atoms with van der Waals surface area (Å²) in [6.07, 6.45) is 2.82. The quantitative estimate of drug-likeness (QED) is 0.825. The fourth-order valence-corrected chi connectivity index (χ4v) is 3.05. The average Bonchev–Trinajstić information content (AvgIpc) is 2.91. The van der Waals surface area contributed by atoms with Crippen LogP contribution in [-0.2, 0) is 0 Å². The molecule has 0 aliphatic heterocycles. The standard InChI is InChI=1S/C13H22N2S/c1-10(2)15(9-11-5-6-11)12(8-14)13-4-3-7-16-13/h3-4,7,10-12H,5-6,8-9,14H2,1-2H3. The lowest BCUT2D eigenvalue weighted by molar-refractivity contribution is 0.152. The van der Waals surface area contributed by atoms with E-state index in [9.17, 15) is 0 Å². The predicted molar refractivity (Wildman–Crippen MR) is 70.7 cm³/mol. The molecule has 0 bridgehead atoms. The molecule has 0 spiro atoms. The SMILES string of the molecule is CC(C)N(CC1CC1)C(CN)c1cccs1. The first-order valence-electron chi connectivity index (χ1n) is 6.21. The van der Waals surface area contributed by atoms with E-state index in [1.54, 1.807) is 0 Å². The smallest absolute Gasteiger partial charge is 0.0566 e. The van der Waals surface area contributed by atoms with Crippen molar-refractivity contribution in [1.82, 2.24) is 4.90 Å². The zero-order valence-electron chi connectivity index (χ0n) is 10.2. The number of hydrogen-bond acceptors (Lipinski definition) is 3. The highest BCUT2D eigenvalue weighted by Crippen LogP contribution is 2.34. The number of nitrogens with two attached hydrogens (primary N) is 1. The number of rotatable bonds is 6. The second kappa shape index (κ2) is 5.30. The van der Waals surface area contributed by atoms with Crippen LogP contribution in [0.4, 0.5) is 0 Å². The maximum atomic E-state index is 5.96. The lowest BCUT2D eigenvalue weighted by Gasteiger charge is -2.33. The normalized spacial score (nSPS) is 18.3.